The number of hydrogen-bond donors (Lipinski definition) is 2. The molecule has 2 aliphatic rings. The van der Waals surface area contributed by atoms with Gasteiger partial charge in [-0.3, -0.25) is 0 Å². The number of hydrogen-bond acceptors (Lipinski definition) is 3. The number of aliphatic imine (C=N–C) groups is 1. The van der Waals surface area contributed by atoms with Gasteiger partial charge >= 0.3 is 6.03 Å². The van der Waals surface area contributed by atoms with Crippen LogP contribution in [0.25, 0.3) is 0 Å². The van der Waals surface area contributed by atoms with Crippen molar-refractivity contribution in [2.45, 2.75) is 64.8 Å². The highest BCUT2D eigenvalue weighted by Crippen LogP contribution is 2.36. The predicted octanol–water partition coefficient (Wildman–Crippen LogP) is 3.01. The zero-order valence-corrected chi connectivity index (χ0v) is 13.9. The number of nitrogens with zero attached hydrogens (tertiary/aromatic N) is 1. The number of isocyanates is 1. The van der Waals surface area contributed by atoms with E-state index in [0.717, 1.165) is 45.1 Å². The lowest BCUT2D eigenvalue weighted by molar-refractivity contribution is 0.225. The molecule has 0 spiro atoms. The molecule has 2 N–H and O–H groups in total. The van der Waals surface area contributed by atoms with Crippen LogP contribution in [0.15, 0.2) is 4.99 Å². The molecule has 0 saturated heterocycles. The lowest BCUT2D eigenvalue weighted by Crippen LogP contribution is -2.43. The van der Waals surface area contributed by atoms with Crippen molar-refractivity contribution < 1.29 is 9.59 Å². The molecule has 0 bridgehead atoms. The number of carbonyl (C=O) groups is 1. The first-order valence-electron chi connectivity index (χ1n) is 8.56. The van der Waals surface area contributed by atoms with E-state index >= 15 is 0 Å². The monoisotopic (exact) mass is 307 g/mol. The van der Waals surface area contributed by atoms with Crippen LogP contribution >= 0.6 is 0 Å². The Labute approximate surface area is 133 Å². The molecule has 0 aromatic heterocycles. The van der Waals surface area contributed by atoms with Gasteiger partial charge in [0.05, 0.1) is 6.54 Å². The summed E-state index contributed by atoms with van der Waals surface area (Å²) in [5.41, 5.74) is 0.355. The van der Waals surface area contributed by atoms with Gasteiger partial charge < -0.3 is 10.6 Å². The van der Waals surface area contributed by atoms with E-state index in [1.165, 1.54) is 6.42 Å². The maximum atomic E-state index is 12.0. The minimum atomic E-state index is -0.0317. The average molecular weight is 307 g/mol. The molecule has 2 rings (SSSR count). The third kappa shape index (κ3) is 5.45. The molecule has 22 heavy (non-hydrogen) atoms. The summed E-state index contributed by atoms with van der Waals surface area (Å²) in [5, 5.41) is 6.12. The Morgan fingerprint density at radius 3 is 2.73 bits per heavy atom. The van der Waals surface area contributed by atoms with Gasteiger partial charge in [0.15, 0.2) is 0 Å². The minimum Gasteiger partial charge on any atom is -0.338 e. The Morgan fingerprint density at radius 2 is 2.05 bits per heavy atom. The van der Waals surface area contributed by atoms with Gasteiger partial charge in [0.2, 0.25) is 6.08 Å². The van der Waals surface area contributed by atoms with Crippen LogP contribution in [0.2, 0.25) is 0 Å². The molecule has 0 aromatic rings. The lowest BCUT2D eigenvalue weighted by atomic mass is 9.81. The summed E-state index contributed by atoms with van der Waals surface area (Å²) >= 11 is 0. The standard InChI is InChI=1S/C17H29N3O2/c1-17(2)7-6-15(9-17)20-16(22)19-11-14-5-3-4-13(8-14)10-18-12-21/h13-15H,3-11H2,1-2H3,(H2,19,20,22). The van der Waals surface area contributed by atoms with Gasteiger partial charge in [-0.2, -0.15) is 0 Å². The first-order chi connectivity index (χ1) is 10.5. The third-order valence-electron chi connectivity index (χ3n) is 5.16. The maximum Gasteiger partial charge on any atom is 0.315 e. The van der Waals surface area contributed by atoms with Crippen LogP contribution in [0.5, 0.6) is 0 Å². The van der Waals surface area contributed by atoms with Gasteiger partial charge in [-0.25, -0.2) is 14.6 Å². The van der Waals surface area contributed by atoms with Crippen molar-refractivity contribution in [2.24, 2.45) is 22.2 Å². The molecule has 3 unspecified atom stereocenters. The Bertz CT molecular complexity index is 430. The van der Waals surface area contributed by atoms with Gasteiger partial charge in [0, 0.05) is 12.6 Å². The first-order valence-corrected chi connectivity index (χ1v) is 8.56. The fourth-order valence-corrected chi connectivity index (χ4v) is 3.95. The van der Waals surface area contributed by atoms with Crippen molar-refractivity contribution in [3.8, 4) is 0 Å². The summed E-state index contributed by atoms with van der Waals surface area (Å²) < 4.78 is 0. The van der Waals surface area contributed by atoms with Crippen molar-refractivity contribution in [3.63, 3.8) is 0 Å². The van der Waals surface area contributed by atoms with Crippen molar-refractivity contribution >= 4 is 12.1 Å². The molecule has 5 heteroatoms. The smallest absolute Gasteiger partial charge is 0.315 e. The van der Waals surface area contributed by atoms with Crippen molar-refractivity contribution in [2.75, 3.05) is 13.1 Å². The van der Waals surface area contributed by atoms with Crippen LogP contribution in [-0.4, -0.2) is 31.2 Å². The largest absolute Gasteiger partial charge is 0.338 e. The SMILES string of the molecule is CC1(C)CCC(NC(=O)NCC2CCCC(CN=C=O)C2)C1. The van der Waals surface area contributed by atoms with E-state index in [1.54, 1.807) is 6.08 Å². The normalized spacial score (nSPS) is 30.4. The second-order valence-corrected chi connectivity index (χ2v) is 7.79. The molecule has 0 aromatic carbocycles. The fourth-order valence-electron chi connectivity index (χ4n) is 3.95. The number of amides is 2. The summed E-state index contributed by atoms with van der Waals surface area (Å²) in [6.45, 7) is 5.83. The van der Waals surface area contributed by atoms with E-state index < -0.39 is 0 Å². The van der Waals surface area contributed by atoms with Crippen LogP contribution in [0, 0.1) is 17.3 Å². The molecule has 2 fully saturated rings. The molecule has 3 atom stereocenters. The molecule has 0 aliphatic heterocycles. The van der Waals surface area contributed by atoms with E-state index in [9.17, 15) is 9.59 Å². The van der Waals surface area contributed by atoms with E-state index in [0.29, 0.717) is 29.8 Å². The molecule has 5 nitrogen and oxygen atoms in total. The molecular formula is C17H29N3O2. The van der Waals surface area contributed by atoms with E-state index in [1.807, 2.05) is 0 Å². The number of carbonyl (C=O) groups excluding carboxylic acids is 2. The lowest BCUT2D eigenvalue weighted by Gasteiger charge is -2.28. The fraction of sp³-hybridized carbons (Fsp3) is 0.882. The van der Waals surface area contributed by atoms with Crippen molar-refractivity contribution in [3.05, 3.63) is 0 Å². The average Bonchev–Trinajstić information content (AvgIpc) is 2.82. The summed E-state index contributed by atoms with van der Waals surface area (Å²) in [6, 6.07) is 0.284. The topological polar surface area (TPSA) is 70.6 Å². The Balaban J connectivity index is 1.66. The first kappa shape index (κ1) is 17.0. The highest BCUT2D eigenvalue weighted by Gasteiger charge is 2.31. The van der Waals surface area contributed by atoms with Crippen LogP contribution in [0.1, 0.15) is 58.8 Å². The molecular weight excluding hydrogens is 278 g/mol. The third-order valence-corrected chi connectivity index (χ3v) is 5.16. The molecule has 2 saturated carbocycles. The zero-order chi connectivity index (χ0) is 16.0. The zero-order valence-electron chi connectivity index (χ0n) is 13.9. The van der Waals surface area contributed by atoms with Crippen molar-refractivity contribution in [1.82, 2.24) is 10.6 Å². The number of rotatable bonds is 5. The summed E-state index contributed by atoms with van der Waals surface area (Å²) in [5.74, 6) is 0.979. The highest BCUT2D eigenvalue weighted by molar-refractivity contribution is 5.74. The minimum absolute atomic E-state index is 0.0317. The molecule has 2 aliphatic carbocycles. The van der Waals surface area contributed by atoms with Gasteiger partial charge in [-0.1, -0.05) is 20.3 Å². The van der Waals surface area contributed by atoms with Crippen LogP contribution < -0.4 is 10.6 Å². The summed E-state index contributed by atoms with van der Waals surface area (Å²) in [6.07, 6.45) is 9.43. The molecule has 2 amide bonds. The van der Waals surface area contributed by atoms with Gasteiger partial charge in [0.25, 0.3) is 0 Å². The van der Waals surface area contributed by atoms with Gasteiger partial charge in [0.1, 0.15) is 0 Å². The van der Waals surface area contributed by atoms with Crippen LogP contribution in [0.4, 0.5) is 4.79 Å². The Hall–Kier alpha value is -1.35. The number of urea groups is 1. The second-order valence-electron chi connectivity index (χ2n) is 7.79. The molecule has 0 radical (unpaired) electrons. The van der Waals surface area contributed by atoms with Crippen LogP contribution in [-0.2, 0) is 4.79 Å². The van der Waals surface area contributed by atoms with Crippen LogP contribution in [0.3, 0.4) is 0 Å². The van der Waals surface area contributed by atoms with Crippen molar-refractivity contribution in [1.29, 1.82) is 0 Å². The molecule has 0 heterocycles. The maximum absolute atomic E-state index is 12.0. The van der Waals surface area contributed by atoms with Gasteiger partial charge in [-0.05, 0) is 55.8 Å². The predicted molar refractivity (Wildman–Crippen MR) is 86.4 cm³/mol. The quantitative estimate of drug-likeness (QED) is 0.605. The van der Waals surface area contributed by atoms with E-state index in [2.05, 4.69) is 29.5 Å². The summed E-state index contributed by atoms with van der Waals surface area (Å²) in [7, 11) is 0. The summed E-state index contributed by atoms with van der Waals surface area (Å²) in [4.78, 5) is 25.9. The molecule has 124 valence electrons. The van der Waals surface area contributed by atoms with E-state index in [-0.39, 0.29) is 6.03 Å². The Morgan fingerprint density at radius 1 is 1.27 bits per heavy atom. The van der Waals surface area contributed by atoms with Gasteiger partial charge in [-0.15, -0.1) is 0 Å². The highest BCUT2D eigenvalue weighted by atomic mass is 16.2. The Kier molecular flexibility index (Phi) is 6.01. The second kappa shape index (κ2) is 7.77. The number of nitrogens with one attached hydrogen (secondary N) is 2. The van der Waals surface area contributed by atoms with E-state index in [4.69, 9.17) is 0 Å².